The van der Waals surface area contributed by atoms with E-state index in [9.17, 15) is 5.11 Å². The summed E-state index contributed by atoms with van der Waals surface area (Å²) in [6, 6.07) is 10.5. The summed E-state index contributed by atoms with van der Waals surface area (Å²) in [6.07, 6.45) is 4.51. The fraction of sp³-hybridized carbons (Fsp3) is 0.600. The van der Waals surface area contributed by atoms with Crippen LogP contribution in [-0.2, 0) is 5.41 Å². The van der Waals surface area contributed by atoms with E-state index in [1.807, 2.05) is 0 Å². The molecule has 3 nitrogen and oxygen atoms in total. The fourth-order valence-electron chi connectivity index (χ4n) is 7.35. The van der Waals surface area contributed by atoms with Crippen LogP contribution in [0.3, 0.4) is 0 Å². The van der Waals surface area contributed by atoms with E-state index in [4.69, 9.17) is 0 Å². The van der Waals surface area contributed by atoms with E-state index in [-0.39, 0.29) is 11.5 Å². The molecule has 2 unspecified atom stereocenters. The minimum absolute atomic E-state index is 0.0280. The first-order chi connectivity index (χ1) is 11.2. The molecule has 1 saturated carbocycles. The first-order valence-electron chi connectivity index (χ1n) is 9.09. The van der Waals surface area contributed by atoms with E-state index >= 15 is 0 Å². The second kappa shape index (κ2) is 3.84. The molecule has 5 heterocycles. The molecular formula is C20H24N2O. The van der Waals surface area contributed by atoms with Crippen molar-refractivity contribution in [3.05, 3.63) is 41.5 Å². The van der Waals surface area contributed by atoms with Crippen molar-refractivity contribution >= 4 is 5.69 Å². The zero-order chi connectivity index (χ0) is 15.5. The number of hydrogen-bond acceptors (Lipinski definition) is 3. The van der Waals surface area contributed by atoms with Crippen LogP contribution in [0, 0.1) is 11.8 Å². The molecule has 6 aliphatic rings. The molecule has 23 heavy (non-hydrogen) atoms. The van der Waals surface area contributed by atoms with Crippen LogP contribution in [0.15, 0.2) is 35.9 Å². The van der Waals surface area contributed by atoms with Gasteiger partial charge in [-0.2, -0.15) is 0 Å². The van der Waals surface area contributed by atoms with Gasteiger partial charge < -0.3 is 10.0 Å². The molecule has 5 fully saturated rings. The van der Waals surface area contributed by atoms with Crippen LogP contribution in [-0.4, -0.2) is 47.8 Å². The Morgan fingerprint density at radius 2 is 2.09 bits per heavy atom. The minimum Gasteiger partial charge on any atom is -0.392 e. The molecule has 120 valence electrons. The van der Waals surface area contributed by atoms with Crippen molar-refractivity contribution in [2.45, 2.75) is 49.4 Å². The van der Waals surface area contributed by atoms with Gasteiger partial charge in [0.15, 0.2) is 0 Å². The number of piperidine rings is 4. The van der Waals surface area contributed by atoms with Crippen molar-refractivity contribution in [1.82, 2.24) is 4.90 Å². The highest BCUT2D eigenvalue weighted by Gasteiger charge is 2.74. The Hall–Kier alpha value is -1.32. The summed E-state index contributed by atoms with van der Waals surface area (Å²) in [4.78, 5) is 5.25. The predicted molar refractivity (Wildman–Crippen MR) is 90.6 cm³/mol. The third-order valence-electron chi connectivity index (χ3n) is 8.00. The number of benzene rings is 1. The molecular weight excluding hydrogens is 284 g/mol. The number of para-hydroxylation sites is 1. The zero-order valence-corrected chi connectivity index (χ0v) is 13.8. The number of nitrogens with zero attached hydrogens (tertiary/aromatic N) is 2. The van der Waals surface area contributed by atoms with E-state index < -0.39 is 0 Å². The molecule has 1 N–H and O–H groups in total. The highest BCUT2D eigenvalue weighted by Crippen LogP contribution is 2.67. The largest absolute Gasteiger partial charge is 0.392 e. The summed E-state index contributed by atoms with van der Waals surface area (Å²) in [7, 11) is 2.25. The molecule has 0 amide bonds. The van der Waals surface area contributed by atoms with Gasteiger partial charge in [0.05, 0.1) is 12.1 Å². The van der Waals surface area contributed by atoms with E-state index in [0.717, 1.165) is 13.0 Å². The Kier molecular flexibility index (Phi) is 2.17. The van der Waals surface area contributed by atoms with Crippen LogP contribution in [0.25, 0.3) is 0 Å². The summed E-state index contributed by atoms with van der Waals surface area (Å²) >= 11 is 0. The number of hydrogen-bond donors (Lipinski definition) is 1. The van der Waals surface area contributed by atoms with Crippen molar-refractivity contribution in [3.8, 4) is 0 Å². The molecule has 1 aliphatic carbocycles. The molecule has 8 atom stereocenters. The Morgan fingerprint density at radius 1 is 1.26 bits per heavy atom. The number of allylic oxidation sites excluding steroid dienone is 1. The lowest BCUT2D eigenvalue weighted by molar-refractivity contribution is -0.0345. The molecule has 3 heteroatoms. The summed E-state index contributed by atoms with van der Waals surface area (Å²) < 4.78 is 0. The number of fused-ring (bicyclic) bond motifs is 2. The zero-order valence-electron chi connectivity index (χ0n) is 13.8. The van der Waals surface area contributed by atoms with Gasteiger partial charge in [-0.1, -0.05) is 29.8 Å². The molecule has 0 radical (unpaired) electrons. The van der Waals surface area contributed by atoms with Crippen LogP contribution in [0.2, 0.25) is 0 Å². The lowest BCUT2D eigenvalue weighted by Gasteiger charge is -2.58. The van der Waals surface area contributed by atoms with Crippen LogP contribution in [0.5, 0.6) is 0 Å². The number of aliphatic hydroxyl groups is 1. The molecule has 1 aromatic rings. The predicted octanol–water partition coefficient (Wildman–Crippen LogP) is 2.16. The fourth-order valence-corrected chi connectivity index (χ4v) is 7.35. The maximum absolute atomic E-state index is 11.6. The average Bonchev–Trinajstić information content (AvgIpc) is 2.98. The van der Waals surface area contributed by atoms with Crippen LogP contribution >= 0.6 is 0 Å². The van der Waals surface area contributed by atoms with Crippen LogP contribution < -0.4 is 4.90 Å². The number of rotatable bonds is 0. The van der Waals surface area contributed by atoms with Gasteiger partial charge in [-0.3, -0.25) is 4.90 Å². The first-order valence-corrected chi connectivity index (χ1v) is 9.09. The topological polar surface area (TPSA) is 26.7 Å². The summed E-state index contributed by atoms with van der Waals surface area (Å²) in [5.41, 5.74) is 4.32. The Labute approximate surface area is 137 Å². The maximum atomic E-state index is 11.6. The number of likely N-dealkylation sites (N-methyl/N-ethyl adjacent to an activating group) is 1. The van der Waals surface area contributed by atoms with Crippen LogP contribution in [0.4, 0.5) is 5.69 Å². The van der Waals surface area contributed by atoms with Crippen LogP contribution in [0.1, 0.15) is 25.3 Å². The summed E-state index contributed by atoms with van der Waals surface area (Å²) in [5.74, 6) is 1.05. The highest BCUT2D eigenvalue weighted by molar-refractivity contribution is 5.67. The van der Waals surface area contributed by atoms with Crippen molar-refractivity contribution in [3.63, 3.8) is 0 Å². The SMILES string of the molecule is C/C=C1/CN2[C@H]3C[C@@]45c6ccccc6N(C)[C@H]4[C@@H]2C[C@@H]1C3[C@H]5O. The smallest absolute Gasteiger partial charge is 0.0707 e. The molecule has 7 rings (SSSR count). The Balaban J connectivity index is 1.62. The monoisotopic (exact) mass is 308 g/mol. The van der Waals surface area contributed by atoms with Gasteiger partial charge in [0.1, 0.15) is 0 Å². The molecule has 1 aromatic carbocycles. The van der Waals surface area contributed by atoms with Crippen molar-refractivity contribution < 1.29 is 5.11 Å². The minimum atomic E-state index is -0.196. The summed E-state index contributed by atoms with van der Waals surface area (Å²) in [6.45, 7) is 3.31. The standard InChI is InChI=1S/C20H24N2O/c1-3-11-10-22-15-8-12(11)17-16(22)9-20(19(17)23)13-6-4-5-7-14(13)21(2)18(15)20/h3-7,12,15-19,23H,8-10H2,1-2H3/b11-3-/t12-,15-,16-,17?,18-,19+,20+/m0/s1. The highest BCUT2D eigenvalue weighted by atomic mass is 16.3. The average molecular weight is 308 g/mol. The second-order valence-corrected chi connectivity index (χ2v) is 8.35. The Bertz CT molecular complexity index is 743. The van der Waals surface area contributed by atoms with Gasteiger partial charge in [0.2, 0.25) is 0 Å². The number of anilines is 1. The van der Waals surface area contributed by atoms with Crippen molar-refractivity contribution in [2.75, 3.05) is 18.5 Å². The van der Waals surface area contributed by atoms with E-state index in [1.54, 1.807) is 5.57 Å². The van der Waals surface area contributed by atoms with Gasteiger partial charge in [0.25, 0.3) is 0 Å². The maximum Gasteiger partial charge on any atom is 0.0707 e. The lowest BCUT2D eigenvalue weighted by atomic mass is 9.65. The van der Waals surface area contributed by atoms with Gasteiger partial charge >= 0.3 is 0 Å². The first kappa shape index (κ1) is 13.0. The van der Waals surface area contributed by atoms with E-state index in [1.165, 1.54) is 17.7 Å². The quantitative estimate of drug-likeness (QED) is 0.744. The van der Waals surface area contributed by atoms with Crippen molar-refractivity contribution in [2.24, 2.45) is 11.8 Å². The Morgan fingerprint density at radius 3 is 2.91 bits per heavy atom. The molecule has 5 aliphatic heterocycles. The van der Waals surface area contributed by atoms with Crippen molar-refractivity contribution in [1.29, 1.82) is 0 Å². The van der Waals surface area contributed by atoms with Gasteiger partial charge in [-0.15, -0.1) is 0 Å². The normalized spacial score (nSPS) is 53.1. The number of aliphatic hydroxyl groups excluding tert-OH is 1. The summed E-state index contributed by atoms with van der Waals surface area (Å²) in [5, 5.41) is 11.6. The molecule has 0 aromatic heterocycles. The van der Waals surface area contributed by atoms with Gasteiger partial charge in [-0.05, 0) is 37.3 Å². The third-order valence-corrected chi connectivity index (χ3v) is 8.00. The van der Waals surface area contributed by atoms with Gasteiger partial charge in [0, 0.05) is 42.7 Å². The third kappa shape index (κ3) is 1.17. The lowest BCUT2D eigenvalue weighted by Crippen LogP contribution is -2.68. The molecule has 1 spiro atoms. The second-order valence-electron chi connectivity index (χ2n) is 8.35. The van der Waals surface area contributed by atoms with E-state index in [0.29, 0.717) is 30.0 Å². The molecule has 5 bridgehead atoms. The van der Waals surface area contributed by atoms with Gasteiger partial charge in [-0.25, -0.2) is 0 Å². The van der Waals surface area contributed by atoms with E-state index in [2.05, 4.69) is 54.1 Å². The molecule has 4 saturated heterocycles.